The molecule has 0 aromatic heterocycles. The van der Waals surface area contributed by atoms with Gasteiger partial charge in [-0.1, -0.05) is 30.3 Å². The summed E-state index contributed by atoms with van der Waals surface area (Å²) < 4.78 is 5.63. The summed E-state index contributed by atoms with van der Waals surface area (Å²) in [5.41, 5.74) is 12.3. The van der Waals surface area contributed by atoms with Crippen molar-refractivity contribution in [3.63, 3.8) is 0 Å². The summed E-state index contributed by atoms with van der Waals surface area (Å²) in [4.78, 5) is 22.5. The van der Waals surface area contributed by atoms with Crippen LogP contribution in [-0.4, -0.2) is 41.7 Å². The van der Waals surface area contributed by atoms with Gasteiger partial charge in [-0.3, -0.25) is 9.59 Å². The van der Waals surface area contributed by atoms with E-state index >= 15 is 0 Å². The Kier molecular flexibility index (Phi) is 8.99. The predicted molar refractivity (Wildman–Crippen MR) is 91.1 cm³/mol. The molecule has 0 heterocycles. The molecular weight excluding hydrogens is 310 g/mol. The first-order chi connectivity index (χ1) is 11.4. The minimum atomic E-state index is -1.01. The maximum Gasteiger partial charge on any atom is 0.320 e. The smallest absolute Gasteiger partial charge is 0.320 e. The van der Waals surface area contributed by atoms with Crippen LogP contribution >= 0.6 is 0 Å². The maximum absolute atomic E-state index is 12.0. The number of ether oxygens (including phenoxy) is 1. The quantitative estimate of drug-likeness (QED) is 0.438. The van der Waals surface area contributed by atoms with Gasteiger partial charge in [0, 0.05) is 6.54 Å². The van der Waals surface area contributed by atoms with Crippen LogP contribution in [-0.2, 0) is 20.9 Å². The molecule has 3 atom stereocenters. The number of nitrogens with one attached hydrogen (secondary N) is 1. The summed E-state index contributed by atoms with van der Waals surface area (Å²) in [6, 6.07) is 8.05. The summed E-state index contributed by atoms with van der Waals surface area (Å²) in [5.74, 6) is -1.29. The van der Waals surface area contributed by atoms with Crippen molar-refractivity contribution in [2.75, 3.05) is 6.54 Å². The van der Waals surface area contributed by atoms with Crippen molar-refractivity contribution in [2.24, 2.45) is 11.5 Å². The van der Waals surface area contributed by atoms with Gasteiger partial charge in [0.2, 0.25) is 5.91 Å². The highest BCUT2D eigenvalue weighted by atomic mass is 16.5. The molecule has 0 unspecified atom stereocenters. The maximum atomic E-state index is 12.0. The molecule has 0 spiro atoms. The summed E-state index contributed by atoms with van der Waals surface area (Å²) >= 11 is 0. The number of carboxylic acids is 1. The molecule has 7 heteroatoms. The lowest BCUT2D eigenvalue weighted by Crippen LogP contribution is -2.48. The van der Waals surface area contributed by atoms with E-state index in [0.717, 1.165) is 5.56 Å². The van der Waals surface area contributed by atoms with Crippen LogP contribution in [0.1, 0.15) is 31.7 Å². The molecule has 1 aromatic carbocycles. The van der Waals surface area contributed by atoms with E-state index in [9.17, 15) is 9.59 Å². The molecule has 0 aliphatic carbocycles. The zero-order chi connectivity index (χ0) is 17.9. The van der Waals surface area contributed by atoms with Crippen molar-refractivity contribution in [3.8, 4) is 0 Å². The van der Waals surface area contributed by atoms with Gasteiger partial charge in [0.25, 0.3) is 0 Å². The molecule has 1 rings (SSSR count). The molecule has 0 bridgehead atoms. The van der Waals surface area contributed by atoms with E-state index in [2.05, 4.69) is 5.32 Å². The molecule has 0 saturated carbocycles. The Morgan fingerprint density at radius 2 is 1.88 bits per heavy atom. The Morgan fingerprint density at radius 3 is 2.50 bits per heavy atom. The number of nitrogens with two attached hydrogens (primary N) is 2. The number of benzene rings is 1. The Balaban J connectivity index is 2.20. The van der Waals surface area contributed by atoms with Crippen molar-refractivity contribution in [3.05, 3.63) is 35.9 Å². The monoisotopic (exact) mass is 337 g/mol. The topological polar surface area (TPSA) is 128 Å². The van der Waals surface area contributed by atoms with E-state index in [1.54, 1.807) is 6.92 Å². The fraction of sp³-hybridized carbons (Fsp3) is 0.529. The molecule has 7 nitrogen and oxygen atoms in total. The first-order valence-corrected chi connectivity index (χ1v) is 8.09. The second kappa shape index (κ2) is 10.7. The number of rotatable bonds is 11. The third-order valence-electron chi connectivity index (χ3n) is 3.72. The Hall–Kier alpha value is -1.96. The molecule has 134 valence electrons. The lowest BCUT2D eigenvalue weighted by atomic mass is 10.1. The van der Waals surface area contributed by atoms with Gasteiger partial charge in [0.05, 0.1) is 12.7 Å². The number of hydrogen-bond acceptors (Lipinski definition) is 5. The van der Waals surface area contributed by atoms with E-state index in [-0.39, 0.29) is 5.91 Å². The fourth-order valence-electron chi connectivity index (χ4n) is 2.06. The summed E-state index contributed by atoms with van der Waals surface area (Å²) in [5, 5.41) is 11.4. The summed E-state index contributed by atoms with van der Waals surface area (Å²) in [6.45, 7) is 2.60. The molecule has 0 saturated heterocycles. The SMILES string of the molecule is C[C@@H](OCc1ccccc1)[C@H](N)C(=O)NCCCC[C@H](N)C(=O)O. The van der Waals surface area contributed by atoms with Gasteiger partial charge in [-0.15, -0.1) is 0 Å². The van der Waals surface area contributed by atoms with Crippen LogP contribution < -0.4 is 16.8 Å². The third-order valence-corrected chi connectivity index (χ3v) is 3.72. The highest BCUT2D eigenvalue weighted by molar-refractivity contribution is 5.82. The second-order valence-corrected chi connectivity index (χ2v) is 5.76. The molecule has 1 aromatic rings. The predicted octanol–water partition coefficient (Wildman–Crippen LogP) is 0.617. The molecule has 1 amide bonds. The van der Waals surface area contributed by atoms with Crippen LogP contribution in [0.2, 0.25) is 0 Å². The third kappa shape index (κ3) is 7.54. The van der Waals surface area contributed by atoms with Crippen molar-refractivity contribution in [1.29, 1.82) is 0 Å². The van der Waals surface area contributed by atoms with Crippen LogP contribution in [0.5, 0.6) is 0 Å². The van der Waals surface area contributed by atoms with Crippen LogP contribution in [0.4, 0.5) is 0 Å². The number of unbranched alkanes of at least 4 members (excludes halogenated alkanes) is 1. The number of aliphatic carboxylic acids is 1. The van der Waals surface area contributed by atoms with Gasteiger partial charge in [0.1, 0.15) is 12.1 Å². The van der Waals surface area contributed by atoms with Gasteiger partial charge in [-0.2, -0.15) is 0 Å². The number of carboxylic acid groups (broad SMARTS) is 1. The van der Waals surface area contributed by atoms with Gasteiger partial charge in [-0.25, -0.2) is 0 Å². The Morgan fingerprint density at radius 1 is 1.21 bits per heavy atom. The minimum absolute atomic E-state index is 0.280. The molecule has 0 radical (unpaired) electrons. The second-order valence-electron chi connectivity index (χ2n) is 5.76. The largest absolute Gasteiger partial charge is 0.480 e. The molecule has 6 N–H and O–H groups in total. The van der Waals surface area contributed by atoms with E-state index < -0.39 is 24.2 Å². The molecule has 24 heavy (non-hydrogen) atoms. The first-order valence-electron chi connectivity index (χ1n) is 8.09. The molecule has 0 aliphatic heterocycles. The lowest BCUT2D eigenvalue weighted by Gasteiger charge is -2.20. The van der Waals surface area contributed by atoms with E-state index in [4.69, 9.17) is 21.3 Å². The minimum Gasteiger partial charge on any atom is -0.480 e. The van der Waals surface area contributed by atoms with Crippen molar-refractivity contribution in [1.82, 2.24) is 5.32 Å². The van der Waals surface area contributed by atoms with Crippen molar-refractivity contribution < 1.29 is 19.4 Å². The number of amides is 1. The highest BCUT2D eigenvalue weighted by Crippen LogP contribution is 2.05. The normalized spacial score (nSPS) is 14.6. The van der Waals surface area contributed by atoms with Crippen LogP contribution in [0, 0.1) is 0 Å². The molecule has 0 fully saturated rings. The standard InChI is InChI=1S/C17H27N3O4/c1-12(24-11-13-7-3-2-4-8-13)15(19)16(21)20-10-6-5-9-14(18)17(22)23/h2-4,7-8,12,14-15H,5-6,9-11,18-19H2,1H3,(H,20,21)(H,22,23)/t12-,14+,15+/m1/s1. The van der Waals surface area contributed by atoms with Gasteiger partial charge < -0.3 is 26.6 Å². The number of hydrogen-bond donors (Lipinski definition) is 4. The Labute approximate surface area is 142 Å². The van der Waals surface area contributed by atoms with Crippen LogP contribution in [0.15, 0.2) is 30.3 Å². The zero-order valence-corrected chi connectivity index (χ0v) is 14.0. The van der Waals surface area contributed by atoms with E-state index in [1.807, 2.05) is 30.3 Å². The van der Waals surface area contributed by atoms with Crippen LogP contribution in [0.25, 0.3) is 0 Å². The lowest BCUT2D eigenvalue weighted by molar-refractivity contribution is -0.138. The van der Waals surface area contributed by atoms with Crippen LogP contribution in [0.3, 0.4) is 0 Å². The average molecular weight is 337 g/mol. The van der Waals surface area contributed by atoms with Crippen molar-refractivity contribution in [2.45, 2.75) is 51.0 Å². The zero-order valence-electron chi connectivity index (χ0n) is 14.0. The number of carbonyl (C=O) groups excluding carboxylic acids is 1. The molecular formula is C17H27N3O4. The van der Waals surface area contributed by atoms with Gasteiger partial charge >= 0.3 is 5.97 Å². The van der Waals surface area contributed by atoms with Gasteiger partial charge in [0.15, 0.2) is 0 Å². The summed E-state index contributed by atoms with van der Waals surface area (Å²) in [6.07, 6.45) is 1.25. The van der Waals surface area contributed by atoms with E-state index in [0.29, 0.717) is 32.4 Å². The van der Waals surface area contributed by atoms with Crippen molar-refractivity contribution >= 4 is 11.9 Å². The first kappa shape index (κ1) is 20.1. The van der Waals surface area contributed by atoms with Gasteiger partial charge in [-0.05, 0) is 31.7 Å². The van der Waals surface area contributed by atoms with E-state index in [1.165, 1.54) is 0 Å². The summed E-state index contributed by atoms with van der Waals surface area (Å²) in [7, 11) is 0. The average Bonchev–Trinajstić information content (AvgIpc) is 2.59. The Bertz CT molecular complexity index is 510. The highest BCUT2D eigenvalue weighted by Gasteiger charge is 2.21. The fourth-order valence-corrected chi connectivity index (χ4v) is 2.06. The number of carbonyl (C=O) groups is 2. The molecule has 0 aliphatic rings.